The van der Waals surface area contributed by atoms with E-state index in [0.717, 1.165) is 109 Å². The lowest BCUT2D eigenvalue weighted by atomic mass is 9.98. The molecule has 0 aromatic carbocycles. The topological polar surface area (TPSA) is 214 Å². The maximum Gasteiger partial charge on any atom is 0.306 e. The monoisotopic (exact) mass is 1030 g/mol. The molecule has 14 heteroatoms. The van der Waals surface area contributed by atoms with Gasteiger partial charge >= 0.3 is 5.97 Å². The molecule has 7 N–H and O–H groups in total. The Hall–Kier alpha value is -3.09. The van der Waals surface area contributed by atoms with Crippen LogP contribution in [0.5, 0.6) is 0 Å². The second-order valence-corrected chi connectivity index (χ2v) is 19.0. The highest BCUT2D eigenvalue weighted by molar-refractivity contribution is 5.69. The molecule has 2 saturated heterocycles. The van der Waals surface area contributed by atoms with E-state index in [1.165, 1.54) is 32.1 Å². The van der Waals surface area contributed by atoms with Crippen LogP contribution < -0.4 is 0 Å². The van der Waals surface area contributed by atoms with Gasteiger partial charge in [-0.05, 0) is 89.9 Å². The number of esters is 1. The third-order valence-corrected chi connectivity index (χ3v) is 12.6. The number of unbranched alkanes of at least 4 members (excludes halogenated alkanes) is 13. The summed E-state index contributed by atoms with van der Waals surface area (Å²) in [7, 11) is 0. The fraction of sp³-hybridized carbons (Fsp3) is 0.712. The molecule has 0 bridgehead atoms. The minimum atomic E-state index is -1.72. The molecule has 0 amide bonds. The number of carbonyl (C=O) groups is 1. The van der Waals surface area contributed by atoms with Crippen molar-refractivity contribution in [2.24, 2.45) is 0 Å². The highest BCUT2D eigenvalue weighted by Gasteiger charge is 2.47. The van der Waals surface area contributed by atoms with E-state index in [2.05, 4.69) is 111 Å². The molecule has 0 aromatic rings. The van der Waals surface area contributed by atoms with Crippen molar-refractivity contribution in [1.29, 1.82) is 0 Å². The Balaban J connectivity index is 1.73. The molecule has 11 atom stereocenters. The van der Waals surface area contributed by atoms with Gasteiger partial charge in [0.1, 0.15) is 54.9 Å². The van der Waals surface area contributed by atoms with Gasteiger partial charge in [-0.2, -0.15) is 0 Å². The number of hydrogen-bond donors (Lipinski definition) is 7. The van der Waals surface area contributed by atoms with E-state index in [-0.39, 0.29) is 19.6 Å². The van der Waals surface area contributed by atoms with Crippen LogP contribution in [0.4, 0.5) is 0 Å². The molecule has 0 spiro atoms. The Morgan fingerprint density at radius 3 is 1.33 bits per heavy atom. The average Bonchev–Trinajstić information content (AvgIpc) is 3.39. The molecule has 2 aliphatic rings. The van der Waals surface area contributed by atoms with Crippen LogP contribution in [0.2, 0.25) is 0 Å². The van der Waals surface area contributed by atoms with Crippen LogP contribution >= 0.6 is 0 Å². The Bertz CT molecular complexity index is 1570. The van der Waals surface area contributed by atoms with Gasteiger partial charge in [-0.25, -0.2) is 0 Å². The lowest BCUT2D eigenvalue weighted by Crippen LogP contribution is -2.61. The van der Waals surface area contributed by atoms with Gasteiger partial charge in [-0.1, -0.05) is 169 Å². The summed E-state index contributed by atoms with van der Waals surface area (Å²) in [5.74, 6) is -0.400. The first kappa shape index (κ1) is 66.0. The lowest BCUT2D eigenvalue weighted by molar-refractivity contribution is -0.332. The van der Waals surface area contributed by atoms with Gasteiger partial charge in [0.15, 0.2) is 12.6 Å². The number of aliphatic hydroxyl groups is 7. The molecule has 73 heavy (non-hydrogen) atoms. The van der Waals surface area contributed by atoms with Crippen molar-refractivity contribution < 1.29 is 69.0 Å². The Kier molecular flexibility index (Phi) is 40.8. The van der Waals surface area contributed by atoms with E-state index in [4.69, 9.17) is 28.4 Å². The molecule has 0 radical (unpaired) electrons. The minimum absolute atomic E-state index is 0.0421. The minimum Gasteiger partial charge on any atom is -0.457 e. The second-order valence-electron chi connectivity index (χ2n) is 19.0. The number of allylic oxidation sites excluding steroid dienone is 16. The van der Waals surface area contributed by atoms with E-state index < -0.39 is 86.7 Å². The molecule has 2 rings (SSSR count). The molecular formula is C59H98O14. The van der Waals surface area contributed by atoms with Crippen molar-refractivity contribution in [3.05, 3.63) is 97.2 Å². The predicted octanol–water partition coefficient (Wildman–Crippen LogP) is 9.41. The van der Waals surface area contributed by atoms with E-state index >= 15 is 0 Å². The summed E-state index contributed by atoms with van der Waals surface area (Å²) < 4.78 is 34.3. The van der Waals surface area contributed by atoms with Gasteiger partial charge < -0.3 is 64.2 Å². The zero-order valence-corrected chi connectivity index (χ0v) is 44.6. The maximum atomic E-state index is 13.0. The zero-order chi connectivity index (χ0) is 53.0. The van der Waals surface area contributed by atoms with Crippen molar-refractivity contribution in [2.45, 2.75) is 235 Å². The molecule has 2 aliphatic heterocycles. The van der Waals surface area contributed by atoms with Crippen LogP contribution in [-0.4, -0.2) is 142 Å². The third kappa shape index (κ3) is 32.2. The predicted molar refractivity (Wildman–Crippen MR) is 288 cm³/mol. The van der Waals surface area contributed by atoms with E-state index in [1.54, 1.807) is 0 Å². The van der Waals surface area contributed by atoms with Crippen LogP contribution in [-0.2, 0) is 33.2 Å². The van der Waals surface area contributed by atoms with Gasteiger partial charge in [0, 0.05) is 13.0 Å². The fourth-order valence-corrected chi connectivity index (χ4v) is 8.15. The smallest absolute Gasteiger partial charge is 0.306 e. The van der Waals surface area contributed by atoms with Crippen LogP contribution in [0, 0.1) is 0 Å². The van der Waals surface area contributed by atoms with Crippen LogP contribution in [0.3, 0.4) is 0 Å². The molecule has 418 valence electrons. The molecular weight excluding hydrogens is 933 g/mol. The Labute approximate surface area is 439 Å². The Morgan fingerprint density at radius 2 is 0.849 bits per heavy atom. The number of ether oxygens (including phenoxy) is 6. The first-order valence-corrected chi connectivity index (χ1v) is 27.8. The summed E-state index contributed by atoms with van der Waals surface area (Å²) in [5.41, 5.74) is 0. The third-order valence-electron chi connectivity index (χ3n) is 12.6. The summed E-state index contributed by atoms with van der Waals surface area (Å²) in [6, 6.07) is 0. The number of aliphatic hydroxyl groups excluding tert-OH is 7. The fourth-order valence-electron chi connectivity index (χ4n) is 8.15. The maximum absolute atomic E-state index is 13.0. The van der Waals surface area contributed by atoms with Gasteiger partial charge in [-0.15, -0.1) is 0 Å². The molecule has 14 nitrogen and oxygen atoms in total. The first-order valence-electron chi connectivity index (χ1n) is 27.8. The summed E-state index contributed by atoms with van der Waals surface area (Å²) in [6.07, 6.45) is 43.2. The average molecular weight is 1030 g/mol. The lowest BCUT2D eigenvalue weighted by Gasteiger charge is -2.42. The van der Waals surface area contributed by atoms with E-state index in [1.807, 2.05) is 0 Å². The van der Waals surface area contributed by atoms with Crippen molar-refractivity contribution in [1.82, 2.24) is 0 Å². The van der Waals surface area contributed by atoms with Gasteiger partial charge in [0.25, 0.3) is 0 Å². The van der Waals surface area contributed by atoms with Crippen molar-refractivity contribution >= 4 is 5.97 Å². The summed E-state index contributed by atoms with van der Waals surface area (Å²) >= 11 is 0. The SMILES string of the molecule is CC/C=C\C/C=C\C/C=C\C/C=C\C/C=C\CCCCCCCCCCOCC(COC1OC(COC2OC(CO)C(O)C(O)C2O)C(O)C(O)C1O)OC(=O)CCCCCCC/C=C\C/C=C\C/C=C\CC. The van der Waals surface area contributed by atoms with Gasteiger partial charge in [0.05, 0.1) is 26.4 Å². The van der Waals surface area contributed by atoms with E-state index in [9.17, 15) is 40.5 Å². The van der Waals surface area contributed by atoms with Crippen molar-refractivity contribution in [2.75, 3.05) is 33.0 Å². The van der Waals surface area contributed by atoms with Crippen LogP contribution in [0.25, 0.3) is 0 Å². The standard InChI is InChI=1S/C59H98O14/c1-3-5-7-9-11-13-15-17-19-20-21-22-23-24-25-26-27-29-31-33-35-37-39-41-43-68-45-48(71-51(61)42-40-38-36-34-32-30-28-18-16-14-12-10-8-6-4-2)46-69-58-57(67)55(65)53(63)50(73-58)47-70-59-56(66)54(64)52(62)49(44-60)72-59/h5-8,11-14,17-19,21-22,24-25,28,48-50,52-60,62-67H,3-4,9-10,15-16,20,23,26-27,29-47H2,1-2H3/b7-5-,8-6-,13-11-,14-12-,19-17-,22-21-,25-24-,28-18-. The largest absolute Gasteiger partial charge is 0.457 e. The zero-order valence-electron chi connectivity index (χ0n) is 44.6. The molecule has 2 fully saturated rings. The highest BCUT2D eigenvalue weighted by atomic mass is 16.7. The molecule has 2 heterocycles. The Morgan fingerprint density at radius 1 is 0.452 bits per heavy atom. The number of rotatable bonds is 43. The quantitative estimate of drug-likeness (QED) is 0.0172. The van der Waals surface area contributed by atoms with Crippen molar-refractivity contribution in [3.8, 4) is 0 Å². The van der Waals surface area contributed by atoms with Crippen LogP contribution in [0.15, 0.2) is 97.2 Å². The first-order chi connectivity index (χ1) is 35.6. The summed E-state index contributed by atoms with van der Waals surface area (Å²) in [6.45, 7) is 3.40. The van der Waals surface area contributed by atoms with Gasteiger partial charge in [-0.3, -0.25) is 4.79 Å². The summed E-state index contributed by atoms with van der Waals surface area (Å²) in [4.78, 5) is 13.0. The van der Waals surface area contributed by atoms with Crippen LogP contribution in [0.1, 0.15) is 168 Å². The summed E-state index contributed by atoms with van der Waals surface area (Å²) in [5, 5.41) is 72.3. The molecule has 11 unspecified atom stereocenters. The van der Waals surface area contributed by atoms with E-state index in [0.29, 0.717) is 13.0 Å². The number of hydrogen-bond acceptors (Lipinski definition) is 14. The molecule has 0 aromatic heterocycles. The highest BCUT2D eigenvalue weighted by Crippen LogP contribution is 2.26. The second kappa shape index (κ2) is 45.1. The molecule has 0 saturated carbocycles. The molecule has 0 aliphatic carbocycles. The number of carbonyl (C=O) groups excluding carboxylic acids is 1. The normalized spacial score (nSPS) is 25.7. The van der Waals surface area contributed by atoms with Crippen molar-refractivity contribution in [3.63, 3.8) is 0 Å². The van der Waals surface area contributed by atoms with Gasteiger partial charge in [0.2, 0.25) is 0 Å².